The van der Waals surface area contributed by atoms with Gasteiger partial charge in [0.2, 0.25) is 0 Å². The molecule has 0 amide bonds. The van der Waals surface area contributed by atoms with Crippen molar-refractivity contribution in [2.75, 3.05) is 0 Å². The summed E-state index contributed by atoms with van der Waals surface area (Å²) in [5, 5.41) is -3.57. The van der Waals surface area contributed by atoms with Gasteiger partial charge in [0.25, 0.3) is 0 Å². The zero-order valence-electron chi connectivity index (χ0n) is 103. The summed E-state index contributed by atoms with van der Waals surface area (Å²) in [4.78, 5) is 0. The van der Waals surface area contributed by atoms with E-state index in [0.29, 0.717) is 5.69 Å². The topological polar surface area (TPSA) is 29.1 Å². The molecule has 0 bridgehead atoms. The SMILES string of the molecule is [2H]c1c([2H])c([2H])c2c(c1[2H])-c1c([2H])c([2H])c([2H])c3c1C2c1c([2H])c([2H])c([2H])c2c1c1c-3c([2H])c([2H])c([2H])c1n2-c1c([2H])c([2H])c2c(c1[2H])c1c([2H])c([2H])c([2H])c([2H])c1n2-c1cccc(-n2c3c([2H])c([2H])c([2H])c([2H])c3c3c([2H])c([2H])c([2H])c([2H])c32)c1.[2H]c1c([2H])c([2H])c2c(c1[2H])c1c([2H])c([2H])c([2H])c3c4c([2H])c([2H])c([2H])c5c4c4c(c([2H])c([2H])c([2H])c4n2c31)n5-c1c([2H])c([2H])c2c(c1[2H])c1c([2H])c(C)c([2H])c([2H])c1n2-c1cccc(-c2ccccc2)c1. The molecule has 0 N–H and O–H groups in total. The standard InChI is InChI=1S/C55H33N3.C49H31N3/c1-2-19-40-36(15-1)41-20-10-21-42-43-22-11-27-50-54(43)55-44(53(40)52(41)42)23-12-28-51(55)58(50)35-29-30-49-45(32-35)39-18-5-8-26-48(39)57(49)34-14-9-13-33(31-34)56-46-24-6-3-16-37(46)38-17-4-7-25-47(38)56;1-30-23-25-42-39(27-30)40-29-34(24-26-43(40)50(42)33-14-7-13-32(28-33)31-11-3-2-4-12-31)51-44-20-9-16-36-38-18-8-17-37-35-15-5-6-19-41(35)52(49(37)38)46-22-10-21-45(51)48(46)47(36)44/h1-32,53H;2-29H,1H3/i1D,2D,3D,4D,5D,6D,7D,8D,10D,11D,12D,15D,16D,17D,18D,19D,20D,21D,22D,23D,24D,25D,26D,27D,28D,29D,30D,32D;5D,6D,8D,9D,10D,15D,16D,17D,18D,19D,20D,21D,22D,23D,24D,25D,26D,27D,29D. The van der Waals surface area contributed by atoms with Gasteiger partial charge in [0.1, 0.15) is 0 Å². The Morgan fingerprint density at radius 2 is 0.655 bits per heavy atom. The van der Waals surface area contributed by atoms with Gasteiger partial charge in [-0.25, -0.2) is 0 Å². The molecule has 110 heavy (non-hydrogen) atoms. The van der Waals surface area contributed by atoms with Crippen molar-refractivity contribution in [2.24, 2.45) is 0 Å². The first kappa shape index (κ1) is 30.8. The molecule has 0 aliphatic heterocycles. The van der Waals surface area contributed by atoms with Crippen molar-refractivity contribution < 1.29 is 64.4 Å². The van der Waals surface area contributed by atoms with Gasteiger partial charge in [-0.1, -0.05) is 235 Å². The van der Waals surface area contributed by atoms with Crippen LogP contribution >= 0.6 is 0 Å². The molecule has 1 atom stereocenters. The van der Waals surface area contributed by atoms with E-state index < -0.39 is 310 Å². The molecular formula is C104H64N6. The van der Waals surface area contributed by atoms with E-state index in [2.05, 4.69) is 0 Å². The van der Waals surface area contributed by atoms with Gasteiger partial charge < -0.3 is 27.2 Å². The van der Waals surface area contributed by atoms with Gasteiger partial charge in [-0.15, -0.1) is 0 Å². The molecule has 0 radical (unpaired) electrons. The Labute approximate surface area is 697 Å². The fourth-order valence-corrected chi connectivity index (χ4v) is 16.8. The Balaban J connectivity index is 0.000000163. The third kappa shape index (κ3) is 8.05. The summed E-state index contributed by atoms with van der Waals surface area (Å²) in [7, 11) is 0. The summed E-state index contributed by atoms with van der Waals surface area (Å²) in [5.74, 6) is -1.62. The van der Waals surface area contributed by atoms with E-state index in [-0.39, 0.29) is 194 Å². The lowest BCUT2D eigenvalue weighted by atomic mass is 9.86. The summed E-state index contributed by atoms with van der Waals surface area (Å²) >= 11 is 0. The number of hydrogen-bond acceptors (Lipinski definition) is 0. The maximum atomic E-state index is 10.3. The Kier molecular flexibility index (Phi) is 6.25. The highest BCUT2D eigenvalue weighted by molar-refractivity contribution is 6.32. The molecule has 510 valence electrons. The molecule has 0 saturated carbocycles. The number of fused-ring (bicyclic) bond motifs is 19. The van der Waals surface area contributed by atoms with Gasteiger partial charge in [-0.2, -0.15) is 0 Å². The summed E-state index contributed by atoms with van der Waals surface area (Å²) in [5.41, 5.74) is -5.17. The van der Waals surface area contributed by atoms with Gasteiger partial charge in [-0.3, -0.25) is 0 Å². The van der Waals surface area contributed by atoms with Crippen molar-refractivity contribution in [2.45, 2.75) is 12.8 Å². The van der Waals surface area contributed by atoms with Crippen LogP contribution in [0.1, 0.15) is 92.6 Å². The summed E-state index contributed by atoms with van der Waals surface area (Å²) in [6.45, 7) is 1.48. The molecular weight excluding hydrogens is 1330 g/mol. The lowest BCUT2D eigenvalue weighted by molar-refractivity contribution is 1.03. The molecule has 7 heterocycles. The van der Waals surface area contributed by atoms with Crippen LogP contribution in [0.2, 0.25) is 0 Å². The summed E-state index contributed by atoms with van der Waals surface area (Å²) in [6, 6.07) is -10.3. The van der Waals surface area contributed by atoms with Crippen molar-refractivity contribution >= 4 is 147 Å². The molecule has 0 spiro atoms. The molecule has 0 fully saturated rings. The maximum absolute atomic E-state index is 10.3. The second kappa shape index (κ2) is 22.3. The largest absolute Gasteiger partial charge is 0.309 e. The van der Waals surface area contributed by atoms with Crippen LogP contribution in [0.5, 0.6) is 0 Å². The van der Waals surface area contributed by atoms with Gasteiger partial charge in [0, 0.05) is 104 Å². The van der Waals surface area contributed by atoms with Crippen LogP contribution < -0.4 is 0 Å². The van der Waals surface area contributed by atoms with E-state index in [1.54, 1.807) is 18.2 Å². The fraction of sp³-hybridized carbons (Fsp3) is 0.0192. The number of nitrogens with zero attached hydrogens (tertiary/aromatic N) is 6. The number of rotatable bonds is 6. The predicted octanol–water partition coefficient (Wildman–Crippen LogP) is 27.1. The van der Waals surface area contributed by atoms with Crippen molar-refractivity contribution in [3.63, 3.8) is 0 Å². The average molecular weight is 1440 g/mol. The quantitative estimate of drug-likeness (QED) is 0.159. The van der Waals surface area contributed by atoms with E-state index in [0.717, 1.165) is 29.2 Å². The lowest BCUT2D eigenvalue weighted by Gasteiger charge is -2.18. The van der Waals surface area contributed by atoms with Crippen LogP contribution in [0.3, 0.4) is 0 Å². The fourth-order valence-electron chi connectivity index (χ4n) is 16.8. The molecule has 2 aliphatic carbocycles. The molecule has 24 aromatic rings. The highest BCUT2D eigenvalue weighted by atomic mass is 15.0. The Hall–Kier alpha value is -14.5. The van der Waals surface area contributed by atoms with E-state index in [1.807, 2.05) is 36.4 Å². The Bertz CT molecular complexity index is 11100. The zero-order chi connectivity index (χ0) is 113. The third-order valence-corrected chi connectivity index (χ3v) is 21.1. The minimum atomic E-state index is -1.62. The highest BCUT2D eigenvalue weighted by Gasteiger charge is 2.37. The van der Waals surface area contributed by atoms with Crippen molar-refractivity contribution in [3.8, 4) is 61.8 Å². The van der Waals surface area contributed by atoms with Crippen LogP contribution in [0.4, 0.5) is 0 Å². The minimum absolute atomic E-state index is 0.0138. The second-order valence-electron chi connectivity index (χ2n) is 26.6. The maximum Gasteiger partial charge on any atom is 0.0652 e. The summed E-state index contributed by atoms with van der Waals surface area (Å²) in [6.07, 6.45) is 0. The van der Waals surface area contributed by atoms with E-state index in [1.165, 1.54) is 40.3 Å². The van der Waals surface area contributed by atoms with Crippen molar-refractivity contribution in [1.29, 1.82) is 0 Å². The van der Waals surface area contributed by atoms with Crippen LogP contribution in [-0.4, -0.2) is 27.2 Å². The minimum Gasteiger partial charge on any atom is -0.309 e. The Morgan fingerprint density at radius 1 is 0.245 bits per heavy atom. The number of aromatic nitrogens is 6. The van der Waals surface area contributed by atoms with Crippen LogP contribution in [0.25, 0.3) is 209 Å². The van der Waals surface area contributed by atoms with Gasteiger partial charge in [0.15, 0.2) is 0 Å². The van der Waals surface area contributed by atoms with Crippen molar-refractivity contribution in [1.82, 2.24) is 27.2 Å². The molecule has 6 nitrogen and oxygen atoms in total. The van der Waals surface area contributed by atoms with Gasteiger partial charge in [-0.05, 0) is 195 Å². The number of para-hydroxylation sites is 5. The normalized spacial score (nSPS) is 19.2. The average Bonchev–Trinajstić information content (AvgIpc) is 1.51. The number of hydrogen-bond donors (Lipinski definition) is 0. The van der Waals surface area contributed by atoms with E-state index >= 15 is 0 Å². The van der Waals surface area contributed by atoms with Crippen LogP contribution in [0, 0.1) is 6.92 Å². The zero-order valence-corrected chi connectivity index (χ0v) is 56.3. The first-order valence-electron chi connectivity index (χ1n) is 57.9. The predicted molar refractivity (Wildman–Crippen MR) is 461 cm³/mol. The number of benzene rings is 17. The second-order valence-corrected chi connectivity index (χ2v) is 26.6. The molecule has 26 rings (SSSR count). The van der Waals surface area contributed by atoms with Gasteiger partial charge >= 0.3 is 0 Å². The molecule has 7 aromatic heterocycles. The molecule has 6 heteroatoms. The lowest BCUT2D eigenvalue weighted by Crippen LogP contribution is -2.01. The first-order chi connectivity index (χ1) is 74.1. The van der Waals surface area contributed by atoms with Crippen LogP contribution in [-0.2, 0) is 0 Å². The van der Waals surface area contributed by atoms with E-state index in [9.17, 15) is 37.0 Å². The third-order valence-electron chi connectivity index (χ3n) is 21.1. The first-order valence-corrected chi connectivity index (χ1v) is 34.4. The van der Waals surface area contributed by atoms with Gasteiger partial charge in [0.05, 0.1) is 136 Å². The monoisotopic (exact) mass is 1440 g/mol. The van der Waals surface area contributed by atoms with Crippen LogP contribution in [0.15, 0.2) is 363 Å². The molecule has 0 saturated heterocycles. The smallest absolute Gasteiger partial charge is 0.0652 e. The molecule has 2 aliphatic rings. The molecule has 17 aromatic carbocycles. The van der Waals surface area contributed by atoms with E-state index in [4.69, 9.17) is 27.4 Å². The highest BCUT2D eigenvalue weighted by Crippen LogP contribution is 2.58. The Morgan fingerprint density at radius 3 is 1.35 bits per heavy atom. The molecule has 1 unspecified atom stereocenters. The van der Waals surface area contributed by atoms with Crippen molar-refractivity contribution in [3.05, 3.63) is 385 Å². The summed E-state index contributed by atoms with van der Waals surface area (Å²) < 4.78 is 444.